The Morgan fingerprint density at radius 1 is 1.16 bits per heavy atom. The normalized spacial score (nSPS) is 16.3. The fraction of sp³-hybridized carbons (Fsp3) is 0.350. The molecule has 1 fully saturated rings. The summed E-state index contributed by atoms with van der Waals surface area (Å²) in [5.74, 6) is -2.80. The number of nitrogens with two attached hydrogens (primary N) is 2. The predicted molar refractivity (Wildman–Crippen MR) is 111 cm³/mol. The van der Waals surface area contributed by atoms with Crippen molar-refractivity contribution in [1.82, 2.24) is 19.9 Å². The summed E-state index contributed by atoms with van der Waals surface area (Å²) in [6.07, 6.45) is -2.30. The molecule has 3 aromatic rings. The summed E-state index contributed by atoms with van der Waals surface area (Å²) in [7, 11) is 0. The van der Waals surface area contributed by atoms with Gasteiger partial charge in [-0.1, -0.05) is 0 Å². The summed E-state index contributed by atoms with van der Waals surface area (Å²) < 4.78 is 39.7. The summed E-state index contributed by atoms with van der Waals surface area (Å²) >= 11 is 1.06. The number of carbonyl (C=O) groups excluding carboxylic acids is 2. The third-order valence-corrected chi connectivity index (χ3v) is 6.32. The van der Waals surface area contributed by atoms with Gasteiger partial charge in [0.15, 0.2) is 0 Å². The SMILES string of the molecule is NC(=O)C(c1nccc(C(F)(F)F)n1)c1nc2ccc(C(=O)N3CCC(N)CC3)cc2s1. The molecule has 168 valence electrons. The van der Waals surface area contributed by atoms with Gasteiger partial charge in [-0.25, -0.2) is 15.0 Å². The standard InChI is InChI=1S/C20H19F3N6O2S/c21-20(22,23)14-3-6-26-17(28-14)15(16(25)30)18-27-12-2-1-10(9-13(12)32-18)19(31)29-7-4-11(24)5-8-29/h1-3,6,9,11,15H,4-5,7-8,24H2,(H2,25,30). The predicted octanol–water partition coefficient (Wildman–Crippen LogP) is 2.29. The number of rotatable bonds is 4. The number of nitrogens with zero attached hydrogens (tertiary/aromatic N) is 4. The van der Waals surface area contributed by atoms with Crippen molar-refractivity contribution in [3.8, 4) is 0 Å². The van der Waals surface area contributed by atoms with E-state index in [1.54, 1.807) is 23.1 Å². The number of likely N-dealkylation sites (tertiary alicyclic amines) is 1. The molecule has 8 nitrogen and oxygen atoms in total. The minimum absolute atomic E-state index is 0.0920. The Labute approximate surface area is 184 Å². The van der Waals surface area contributed by atoms with Crippen LogP contribution in [-0.2, 0) is 11.0 Å². The van der Waals surface area contributed by atoms with Crippen molar-refractivity contribution < 1.29 is 22.8 Å². The molecule has 0 radical (unpaired) electrons. The molecule has 1 unspecified atom stereocenters. The van der Waals surface area contributed by atoms with Crippen LogP contribution in [0.5, 0.6) is 0 Å². The molecular formula is C20H19F3N6O2S. The molecule has 1 aliphatic rings. The average Bonchev–Trinajstić information content (AvgIpc) is 3.15. The van der Waals surface area contributed by atoms with Crippen LogP contribution in [-0.4, -0.2) is 50.8 Å². The van der Waals surface area contributed by atoms with Gasteiger partial charge in [-0.05, 0) is 37.1 Å². The first-order valence-corrected chi connectivity index (χ1v) is 10.6. The molecule has 1 atom stereocenters. The van der Waals surface area contributed by atoms with Gasteiger partial charge in [0, 0.05) is 30.9 Å². The zero-order chi connectivity index (χ0) is 23.0. The summed E-state index contributed by atoms with van der Waals surface area (Å²) in [4.78, 5) is 38.3. The summed E-state index contributed by atoms with van der Waals surface area (Å²) in [5, 5.41) is 0.153. The van der Waals surface area contributed by atoms with Crippen molar-refractivity contribution >= 4 is 33.4 Å². The molecule has 0 aliphatic carbocycles. The van der Waals surface area contributed by atoms with Crippen LogP contribution in [0.4, 0.5) is 13.2 Å². The second-order valence-corrected chi connectivity index (χ2v) is 8.56. The lowest BCUT2D eigenvalue weighted by Crippen LogP contribution is -2.42. The zero-order valence-electron chi connectivity index (χ0n) is 16.7. The highest BCUT2D eigenvalue weighted by Gasteiger charge is 2.35. The van der Waals surface area contributed by atoms with Crippen LogP contribution < -0.4 is 11.5 Å². The Morgan fingerprint density at radius 2 is 1.88 bits per heavy atom. The van der Waals surface area contributed by atoms with Crippen LogP contribution in [0.2, 0.25) is 0 Å². The van der Waals surface area contributed by atoms with Gasteiger partial charge in [0.1, 0.15) is 22.4 Å². The van der Waals surface area contributed by atoms with Crippen LogP contribution in [0.3, 0.4) is 0 Å². The van der Waals surface area contributed by atoms with Crippen LogP contribution in [0.1, 0.15) is 45.6 Å². The van der Waals surface area contributed by atoms with Crippen LogP contribution >= 0.6 is 11.3 Å². The fourth-order valence-corrected chi connectivity index (χ4v) is 4.63. The second kappa shape index (κ2) is 8.43. The van der Waals surface area contributed by atoms with E-state index in [-0.39, 0.29) is 22.8 Å². The maximum absolute atomic E-state index is 13.0. The highest BCUT2D eigenvalue weighted by atomic mass is 32.1. The van der Waals surface area contributed by atoms with Crippen molar-refractivity contribution in [3.63, 3.8) is 0 Å². The third-order valence-electron chi connectivity index (χ3n) is 5.23. The number of hydrogen-bond acceptors (Lipinski definition) is 7. The van der Waals surface area contributed by atoms with E-state index < -0.39 is 23.7 Å². The molecule has 3 heterocycles. The second-order valence-electron chi connectivity index (χ2n) is 7.50. The molecule has 0 saturated carbocycles. The van der Waals surface area contributed by atoms with E-state index in [2.05, 4.69) is 15.0 Å². The molecule has 1 aliphatic heterocycles. The topological polar surface area (TPSA) is 128 Å². The van der Waals surface area contributed by atoms with Gasteiger partial charge < -0.3 is 16.4 Å². The first-order valence-electron chi connectivity index (χ1n) is 9.78. The van der Waals surface area contributed by atoms with Gasteiger partial charge >= 0.3 is 6.18 Å². The number of halogens is 3. The number of hydrogen-bond donors (Lipinski definition) is 2. The van der Waals surface area contributed by atoms with Gasteiger partial charge in [0.2, 0.25) is 5.91 Å². The summed E-state index contributed by atoms with van der Waals surface area (Å²) in [6, 6.07) is 5.71. The first-order chi connectivity index (χ1) is 15.1. The molecule has 32 heavy (non-hydrogen) atoms. The quantitative estimate of drug-likeness (QED) is 0.610. The maximum Gasteiger partial charge on any atom is 0.433 e. The lowest BCUT2D eigenvalue weighted by molar-refractivity contribution is -0.141. The molecule has 2 aromatic heterocycles. The Balaban J connectivity index is 1.66. The number of primary amides is 1. The van der Waals surface area contributed by atoms with Gasteiger partial charge in [-0.15, -0.1) is 11.3 Å². The van der Waals surface area contributed by atoms with Crippen LogP contribution in [0, 0.1) is 0 Å². The number of thiazole rings is 1. The average molecular weight is 464 g/mol. The largest absolute Gasteiger partial charge is 0.433 e. The highest BCUT2D eigenvalue weighted by molar-refractivity contribution is 7.18. The molecule has 0 spiro atoms. The number of carbonyl (C=O) groups is 2. The van der Waals surface area contributed by atoms with E-state index >= 15 is 0 Å². The van der Waals surface area contributed by atoms with E-state index in [0.29, 0.717) is 34.9 Å². The Kier molecular flexibility index (Phi) is 5.82. The van der Waals surface area contributed by atoms with E-state index in [9.17, 15) is 22.8 Å². The van der Waals surface area contributed by atoms with E-state index in [4.69, 9.17) is 11.5 Å². The molecular weight excluding hydrogens is 445 g/mol. The molecule has 1 saturated heterocycles. The summed E-state index contributed by atoms with van der Waals surface area (Å²) in [5.41, 5.74) is 11.1. The van der Waals surface area contributed by atoms with Gasteiger partial charge in [-0.2, -0.15) is 13.2 Å². The maximum atomic E-state index is 13.0. The van der Waals surface area contributed by atoms with Crippen LogP contribution in [0.25, 0.3) is 10.2 Å². The van der Waals surface area contributed by atoms with Crippen molar-refractivity contribution in [2.24, 2.45) is 11.5 Å². The molecule has 0 bridgehead atoms. The number of aromatic nitrogens is 3. The zero-order valence-corrected chi connectivity index (χ0v) is 17.5. The summed E-state index contributed by atoms with van der Waals surface area (Å²) in [6.45, 7) is 1.14. The van der Waals surface area contributed by atoms with E-state index in [0.717, 1.165) is 30.4 Å². The number of benzene rings is 1. The molecule has 2 amide bonds. The highest BCUT2D eigenvalue weighted by Crippen LogP contribution is 2.33. The molecule has 12 heteroatoms. The van der Waals surface area contributed by atoms with Crippen LogP contribution in [0.15, 0.2) is 30.5 Å². The molecule has 1 aromatic carbocycles. The third kappa shape index (κ3) is 4.41. The number of piperidine rings is 1. The monoisotopic (exact) mass is 464 g/mol. The van der Waals surface area contributed by atoms with E-state index in [1.165, 1.54) is 0 Å². The van der Waals surface area contributed by atoms with Crippen molar-refractivity contribution in [2.75, 3.05) is 13.1 Å². The lowest BCUT2D eigenvalue weighted by atomic mass is 10.0. The number of alkyl halides is 3. The number of amides is 2. The van der Waals surface area contributed by atoms with Gasteiger partial charge in [-0.3, -0.25) is 9.59 Å². The number of fused-ring (bicyclic) bond motifs is 1. The van der Waals surface area contributed by atoms with Crippen molar-refractivity contribution in [1.29, 1.82) is 0 Å². The fourth-order valence-electron chi connectivity index (χ4n) is 3.51. The van der Waals surface area contributed by atoms with Crippen molar-refractivity contribution in [3.05, 3.63) is 52.6 Å². The first kappa shape index (κ1) is 22.1. The van der Waals surface area contributed by atoms with Gasteiger partial charge in [0.05, 0.1) is 10.2 Å². The Morgan fingerprint density at radius 3 is 2.53 bits per heavy atom. The van der Waals surface area contributed by atoms with Crippen molar-refractivity contribution in [2.45, 2.75) is 31.0 Å². The Bertz CT molecular complexity index is 1170. The Hall–Kier alpha value is -3.12. The molecule has 4 N–H and O–H groups in total. The minimum atomic E-state index is -4.69. The lowest BCUT2D eigenvalue weighted by Gasteiger charge is -2.30. The van der Waals surface area contributed by atoms with Gasteiger partial charge in [0.25, 0.3) is 5.91 Å². The van der Waals surface area contributed by atoms with E-state index in [1.807, 2.05) is 0 Å². The smallest absolute Gasteiger partial charge is 0.369 e. The molecule has 4 rings (SSSR count). The minimum Gasteiger partial charge on any atom is -0.369 e.